The van der Waals surface area contributed by atoms with Gasteiger partial charge in [-0.1, -0.05) is 83.8 Å². The van der Waals surface area contributed by atoms with Crippen molar-refractivity contribution in [3.63, 3.8) is 0 Å². The zero-order valence-corrected chi connectivity index (χ0v) is 21.0. The van der Waals surface area contributed by atoms with Crippen LogP contribution in [0.3, 0.4) is 0 Å². The topological polar surface area (TPSA) is 26.3 Å². The Balaban J connectivity index is 1.36. The van der Waals surface area contributed by atoms with Gasteiger partial charge in [-0.3, -0.25) is 0 Å². The van der Waals surface area contributed by atoms with Gasteiger partial charge in [-0.05, 0) is 86.8 Å². The van der Waals surface area contributed by atoms with Crippen LogP contribution in [0.25, 0.3) is 0 Å². The first-order valence-corrected chi connectivity index (χ1v) is 14.0. The van der Waals surface area contributed by atoms with E-state index in [-0.39, 0.29) is 12.1 Å². The highest BCUT2D eigenvalue weighted by atomic mass is 16.5. The summed E-state index contributed by atoms with van der Waals surface area (Å²) < 4.78 is 5.88. The molecule has 32 heavy (non-hydrogen) atoms. The summed E-state index contributed by atoms with van der Waals surface area (Å²) in [7, 11) is 0. The fourth-order valence-corrected chi connectivity index (χ4v) is 5.96. The zero-order chi connectivity index (χ0) is 22.6. The lowest BCUT2D eigenvalue weighted by atomic mass is 9.77. The molecule has 2 nitrogen and oxygen atoms in total. The Morgan fingerprint density at radius 1 is 0.719 bits per heavy atom. The van der Waals surface area contributed by atoms with Crippen molar-refractivity contribution in [1.82, 2.24) is 0 Å². The van der Waals surface area contributed by atoms with Gasteiger partial charge in [-0.25, -0.2) is 4.79 Å². The van der Waals surface area contributed by atoms with Crippen molar-refractivity contribution in [2.45, 2.75) is 135 Å². The first-order valence-electron chi connectivity index (χ1n) is 14.0. The van der Waals surface area contributed by atoms with Crippen LogP contribution < -0.4 is 0 Å². The van der Waals surface area contributed by atoms with Gasteiger partial charge in [0.25, 0.3) is 0 Å². The minimum absolute atomic E-state index is 0.122. The summed E-state index contributed by atoms with van der Waals surface area (Å²) in [4.78, 5) is 12.7. The third-order valence-electron chi connectivity index (χ3n) is 8.21. The van der Waals surface area contributed by atoms with Crippen LogP contribution in [-0.2, 0) is 4.74 Å². The van der Waals surface area contributed by atoms with Crippen LogP contribution in [0.1, 0.15) is 145 Å². The fraction of sp³-hybridized carbons (Fsp3) is 0.767. The quantitative estimate of drug-likeness (QED) is 0.239. The SMILES string of the molecule is CCCCCCCC1CCC(OC(=O)c2ccc(C3CCC(CCCC)CC3)cc2)CC1. The minimum Gasteiger partial charge on any atom is -0.459 e. The van der Waals surface area contributed by atoms with Crippen molar-refractivity contribution in [1.29, 1.82) is 0 Å². The monoisotopic (exact) mass is 440 g/mol. The molecule has 180 valence electrons. The second-order valence-corrected chi connectivity index (χ2v) is 10.7. The van der Waals surface area contributed by atoms with E-state index in [9.17, 15) is 4.79 Å². The highest BCUT2D eigenvalue weighted by Gasteiger charge is 2.25. The smallest absolute Gasteiger partial charge is 0.338 e. The number of benzene rings is 1. The summed E-state index contributed by atoms with van der Waals surface area (Å²) in [6.45, 7) is 4.57. The summed E-state index contributed by atoms with van der Waals surface area (Å²) in [5.41, 5.74) is 2.14. The molecule has 0 spiro atoms. The van der Waals surface area contributed by atoms with Gasteiger partial charge < -0.3 is 4.74 Å². The first kappa shape index (κ1) is 25.3. The summed E-state index contributed by atoms with van der Waals surface area (Å²) in [6, 6.07) is 8.37. The number of esters is 1. The van der Waals surface area contributed by atoms with Crippen molar-refractivity contribution in [3.8, 4) is 0 Å². The summed E-state index contributed by atoms with van der Waals surface area (Å²) >= 11 is 0. The van der Waals surface area contributed by atoms with Gasteiger partial charge in [0, 0.05) is 0 Å². The minimum atomic E-state index is -0.122. The molecular weight excluding hydrogens is 392 g/mol. The Bertz CT molecular complexity index is 633. The maximum atomic E-state index is 12.7. The second-order valence-electron chi connectivity index (χ2n) is 10.7. The molecule has 0 radical (unpaired) electrons. The van der Waals surface area contributed by atoms with Crippen LogP contribution in [0.4, 0.5) is 0 Å². The van der Waals surface area contributed by atoms with E-state index in [0.29, 0.717) is 5.92 Å². The Kier molecular flexibility index (Phi) is 11.1. The Morgan fingerprint density at radius 3 is 1.91 bits per heavy atom. The van der Waals surface area contributed by atoms with Gasteiger partial charge in [-0.2, -0.15) is 0 Å². The van der Waals surface area contributed by atoms with E-state index >= 15 is 0 Å². The molecule has 0 N–H and O–H groups in total. The van der Waals surface area contributed by atoms with E-state index < -0.39 is 0 Å². The molecule has 0 aliphatic heterocycles. The average Bonchev–Trinajstić information content (AvgIpc) is 2.84. The van der Waals surface area contributed by atoms with Crippen molar-refractivity contribution in [2.24, 2.45) is 11.8 Å². The molecule has 2 aliphatic carbocycles. The Morgan fingerprint density at radius 2 is 1.28 bits per heavy atom. The molecule has 2 fully saturated rings. The fourth-order valence-electron chi connectivity index (χ4n) is 5.96. The van der Waals surface area contributed by atoms with Gasteiger partial charge in [0.05, 0.1) is 5.56 Å². The molecule has 0 unspecified atom stereocenters. The summed E-state index contributed by atoms with van der Waals surface area (Å²) in [6.07, 6.45) is 22.4. The molecular formula is C30H48O2. The molecule has 2 heteroatoms. The lowest BCUT2D eigenvalue weighted by Gasteiger charge is -2.29. The average molecular weight is 441 g/mol. The van der Waals surface area contributed by atoms with Crippen LogP contribution >= 0.6 is 0 Å². The number of ether oxygens (including phenoxy) is 1. The normalized spacial score (nSPS) is 26.1. The van der Waals surface area contributed by atoms with E-state index in [1.165, 1.54) is 102 Å². The molecule has 1 aromatic rings. The predicted octanol–water partition coefficient (Wildman–Crippen LogP) is 9.23. The summed E-state index contributed by atoms with van der Waals surface area (Å²) in [5, 5.41) is 0. The number of hydrogen-bond donors (Lipinski definition) is 0. The molecule has 0 atom stereocenters. The molecule has 0 amide bonds. The van der Waals surface area contributed by atoms with Crippen molar-refractivity contribution in [2.75, 3.05) is 0 Å². The second kappa shape index (κ2) is 14.1. The van der Waals surface area contributed by atoms with E-state index in [2.05, 4.69) is 26.0 Å². The first-order chi connectivity index (χ1) is 15.7. The predicted molar refractivity (Wildman–Crippen MR) is 135 cm³/mol. The molecule has 0 aromatic heterocycles. The van der Waals surface area contributed by atoms with E-state index in [4.69, 9.17) is 4.74 Å². The molecule has 3 rings (SSSR count). The standard InChI is InChI=1S/C30H48O2/c1-3-5-7-8-9-11-25-14-22-29(23-15-25)32-30(31)28-20-18-27(19-21-28)26-16-12-24(13-17-26)10-6-4-2/h18-21,24-26,29H,3-17,22-23H2,1-2H3. The lowest BCUT2D eigenvalue weighted by molar-refractivity contribution is 0.0161. The Hall–Kier alpha value is -1.31. The highest BCUT2D eigenvalue weighted by Crippen LogP contribution is 2.38. The van der Waals surface area contributed by atoms with Crippen LogP contribution in [0.15, 0.2) is 24.3 Å². The third-order valence-corrected chi connectivity index (χ3v) is 8.21. The van der Waals surface area contributed by atoms with Crippen molar-refractivity contribution >= 4 is 5.97 Å². The van der Waals surface area contributed by atoms with E-state index in [0.717, 1.165) is 30.2 Å². The maximum Gasteiger partial charge on any atom is 0.338 e. The lowest BCUT2D eigenvalue weighted by Crippen LogP contribution is -2.24. The Labute approximate surface area is 197 Å². The molecule has 0 heterocycles. The van der Waals surface area contributed by atoms with Crippen LogP contribution in [0, 0.1) is 11.8 Å². The highest BCUT2D eigenvalue weighted by molar-refractivity contribution is 5.89. The molecule has 2 saturated carbocycles. The van der Waals surface area contributed by atoms with Gasteiger partial charge in [-0.15, -0.1) is 0 Å². The third kappa shape index (κ3) is 8.23. The number of rotatable bonds is 12. The molecule has 0 bridgehead atoms. The maximum absolute atomic E-state index is 12.7. The van der Waals surface area contributed by atoms with Crippen LogP contribution in [-0.4, -0.2) is 12.1 Å². The van der Waals surface area contributed by atoms with E-state index in [1.54, 1.807) is 0 Å². The molecule has 1 aromatic carbocycles. The van der Waals surface area contributed by atoms with Crippen LogP contribution in [0.5, 0.6) is 0 Å². The van der Waals surface area contributed by atoms with Crippen molar-refractivity contribution < 1.29 is 9.53 Å². The van der Waals surface area contributed by atoms with Gasteiger partial charge in [0.1, 0.15) is 6.10 Å². The largest absolute Gasteiger partial charge is 0.459 e. The number of carbonyl (C=O) groups excluding carboxylic acids is 1. The number of carbonyl (C=O) groups is 1. The van der Waals surface area contributed by atoms with E-state index in [1.807, 2.05) is 12.1 Å². The van der Waals surface area contributed by atoms with Crippen LogP contribution in [0.2, 0.25) is 0 Å². The van der Waals surface area contributed by atoms with Crippen molar-refractivity contribution in [3.05, 3.63) is 35.4 Å². The van der Waals surface area contributed by atoms with Gasteiger partial charge in [0.2, 0.25) is 0 Å². The van der Waals surface area contributed by atoms with Gasteiger partial charge >= 0.3 is 5.97 Å². The number of unbranched alkanes of at least 4 members (excludes halogenated alkanes) is 5. The molecule has 2 aliphatic rings. The molecule has 0 saturated heterocycles. The van der Waals surface area contributed by atoms with Gasteiger partial charge in [0.15, 0.2) is 0 Å². The zero-order valence-electron chi connectivity index (χ0n) is 21.0. The summed E-state index contributed by atoms with van der Waals surface area (Å²) in [5.74, 6) is 2.34. The number of hydrogen-bond acceptors (Lipinski definition) is 2.